The van der Waals surface area contributed by atoms with Gasteiger partial charge in [-0.3, -0.25) is 0 Å². The normalized spacial score (nSPS) is 13.2. The second-order valence-corrected chi connectivity index (χ2v) is 2.55. The van der Waals surface area contributed by atoms with Gasteiger partial charge in [-0.15, -0.1) is 0 Å². The second kappa shape index (κ2) is 10.0. The summed E-state index contributed by atoms with van der Waals surface area (Å²) in [6.45, 7) is 0. The first-order chi connectivity index (χ1) is 2.00. The van der Waals surface area contributed by atoms with Crippen LogP contribution in [-0.4, -0.2) is 13.3 Å². The van der Waals surface area contributed by atoms with Crippen LogP contribution in [0.3, 0.4) is 0 Å². The zero-order valence-electron chi connectivity index (χ0n) is 4.46. The SMILES string of the molecule is O=S([O-])(O)=S.[I-].[Na+].[Na+]. The largest absolute Gasteiger partial charge is 1.00 e. The Labute approximate surface area is 114 Å². The van der Waals surface area contributed by atoms with E-state index in [1.54, 1.807) is 0 Å². The Morgan fingerprint density at radius 2 is 1.50 bits per heavy atom. The number of hydrogen-bond acceptors (Lipinski definition) is 3. The molecule has 0 aromatic carbocycles. The third kappa shape index (κ3) is 63.6. The summed E-state index contributed by atoms with van der Waals surface area (Å²) in [5, 5.41) is 0. The minimum Gasteiger partial charge on any atom is -1.00 e. The van der Waals surface area contributed by atoms with E-state index < -0.39 is 9.05 Å². The monoisotopic (exact) mass is 286 g/mol. The van der Waals surface area contributed by atoms with Crippen molar-refractivity contribution in [2.45, 2.75) is 0 Å². The minimum atomic E-state index is -4.08. The van der Waals surface area contributed by atoms with Crippen LogP contribution in [-0.2, 0) is 20.2 Å². The first-order valence-electron chi connectivity index (χ1n) is 0.683. The van der Waals surface area contributed by atoms with Gasteiger partial charge < -0.3 is 33.1 Å². The van der Waals surface area contributed by atoms with Gasteiger partial charge in [0, 0.05) is 0 Å². The van der Waals surface area contributed by atoms with E-state index in [0.29, 0.717) is 0 Å². The average molecular weight is 286 g/mol. The molecule has 1 atom stereocenters. The number of hydrogen-bond donors (Lipinski definition) is 1. The van der Waals surface area contributed by atoms with Gasteiger partial charge in [-0.25, -0.2) is 4.21 Å². The summed E-state index contributed by atoms with van der Waals surface area (Å²) < 4.78 is 25.3. The van der Waals surface area contributed by atoms with Gasteiger partial charge in [0.05, 0.1) is 9.05 Å². The number of halogens is 1. The third-order valence-electron chi connectivity index (χ3n) is 0. The fourth-order valence-corrected chi connectivity index (χ4v) is 0. The van der Waals surface area contributed by atoms with Gasteiger partial charge in [0.25, 0.3) is 0 Å². The van der Waals surface area contributed by atoms with Crippen molar-refractivity contribution in [1.29, 1.82) is 0 Å². The summed E-state index contributed by atoms with van der Waals surface area (Å²) in [5.74, 6) is 0. The molecule has 0 spiro atoms. The van der Waals surface area contributed by atoms with Crippen LogP contribution in [0.2, 0.25) is 0 Å². The molecule has 0 saturated heterocycles. The predicted octanol–water partition coefficient (Wildman–Crippen LogP) is -9.65. The van der Waals surface area contributed by atoms with Crippen molar-refractivity contribution in [3.63, 3.8) is 0 Å². The van der Waals surface area contributed by atoms with Crippen molar-refractivity contribution in [2.75, 3.05) is 0 Å². The first-order valence-corrected chi connectivity index (χ1v) is 3.05. The van der Waals surface area contributed by atoms with Crippen LogP contribution in [0.4, 0.5) is 0 Å². The van der Waals surface area contributed by atoms with Crippen LogP contribution < -0.4 is 83.1 Å². The summed E-state index contributed by atoms with van der Waals surface area (Å²) >= 11 is 3.35. The van der Waals surface area contributed by atoms with Crippen molar-refractivity contribution in [1.82, 2.24) is 0 Å². The molecule has 0 aromatic heterocycles. The zero-order chi connectivity index (χ0) is 4.50. The van der Waals surface area contributed by atoms with E-state index in [2.05, 4.69) is 11.2 Å². The summed E-state index contributed by atoms with van der Waals surface area (Å²) in [6, 6.07) is 0. The Morgan fingerprint density at radius 3 is 1.50 bits per heavy atom. The molecule has 0 rings (SSSR count). The minimum absolute atomic E-state index is 0. The molecule has 0 aliphatic carbocycles. The number of rotatable bonds is 0. The second-order valence-electron chi connectivity index (χ2n) is 0.428. The van der Waals surface area contributed by atoms with Crippen molar-refractivity contribution >= 4 is 20.2 Å². The molecule has 0 radical (unpaired) electrons. The van der Waals surface area contributed by atoms with Crippen LogP contribution >= 0.6 is 0 Å². The molecule has 8 heteroatoms. The van der Waals surface area contributed by atoms with E-state index in [1.807, 2.05) is 0 Å². The maximum atomic E-state index is 9.00. The topological polar surface area (TPSA) is 60.4 Å². The van der Waals surface area contributed by atoms with Gasteiger partial charge in [-0.2, -0.15) is 0 Å². The molecular weight excluding hydrogens is 285 g/mol. The van der Waals surface area contributed by atoms with E-state index in [4.69, 9.17) is 13.3 Å². The van der Waals surface area contributed by atoms with Crippen LogP contribution in [0.15, 0.2) is 0 Å². The molecule has 0 fully saturated rings. The molecule has 0 saturated carbocycles. The predicted molar refractivity (Wildman–Crippen MR) is 18.9 cm³/mol. The van der Waals surface area contributed by atoms with Gasteiger partial charge in [0.2, 0.25) is 0 Å². The van der Waals surface area contributed by atoms with E-state index >= 15 is 0 Å². The van der Waals surface area contributed by atoms with Gasteiger partial charge in [0.1, 0.15) is 0 Å². The smallest absolute Gasteiger partial charge is 1.00 e. The Balaban J connectivity index is -0.0000000267. The molecule has 0 bridgehead atoms. The van der Waals surface area contributed by atoms with Crippen LogP contribution in [0.1, 0.15) is 0 Å². The first kappa shape index (κ1) is 22.5. The van der Waals surface area contributed by atoms with Crippen LogP contribution in [0.25, 0.3) is 0 Å². The molecule has 40 valence electrons. The Bertz CT molecular complexity index is 98.5. The van der Waals surface area contributed by atoms with Crippen LogP contribution in [0, 0.1) is 0 Å². The van der Waals surface area contributed by atoms with Crippen molar-refractivity contribution in [2.24, 2.45) is 0 Å². The summed E-state index contributed by atoms with van der Waals surface area (Å²) in [6.07, 6.45) is 0. The molecule has 0 amide bonds. The third-order valence-corrected chi connectivity index (χ3v) is 0. The average Bonchev–Trinajstić information content (AvgIpc) is 0.722. The maximum Gasteiger partial charge on any atom is 1.00 e. The van der Waals surface area contributed by atoms with Gasteiger partial charge >= 0.3 is 59.1 Å². The van der Waals surface area contributed by atoms with E-state index in [9.17, 15) is 0 Å². The molecular formula is HINa2O3S2. The van der Waals surface area contributed by atoms with Gasteiger partial charge in [-0.1, -0.05) is 0 Å². The Kier molecular flexibility index (Phi) is 28.1. The van der Waals surface area contributed by atoms with Gasteiger partial charge in [-0.05, 0) is 11.2 Å². The van der Waals surface area contributed by atoms with Crippen LogP contribution in [0.5, 0.6) is 0 Å². The molecule has 3 nitrogen and oxygen atoms in total. The molecule has 0 heterocycles. The Morgan fingerprint density at radius 1 is 1.50 bits per heavy atom. The molecule has 0 aliphatic rings. The summed E-state index contributed by atoms with van der Waals surface area (Å²) in [5.41, 5.74) is 0. The molecule has 0 aliphatic heterocycles. The van der Waals surface area contributed by atoms with Gasteiger partial charge in [0.15, 0.2) is 0 Å². The van der Waals surface area contributed by atoms with E-state index in [1.165, 1.54) is 0 Å². The Hall–Kier alpha value is 3.02. The van der Waals surface area contributed by atoms with E-state index in [0.717, 1.165) is 0 Å². The summed E-state index contributed by atoms with van der Waals surface area (Å²) in [7, 11) is -4.08. The van der Waals surface area contributed by atoms with Crippen molar-refractivity contribution in [3.8, 4) is 0 Å². The van der Waals surface area contributed by atoms with Crippen molar-refractivity contribution < 1.29 is 96.4 Å². The zero-order valence-corrected chi connectivity index (χ0v) is 12.2. The fraction of sp³-hybridized carbons (Fsp3) is 0. The quantitative estimate of drug-likeness (QED) is 0.355. The van der Waals surface area contributed by atoms with E-state index in [-0.39, 0.29) is 83.1 Å². The standard InChI is InChI=1S/HI.2Na.H2O3S2/c;;;1-5(2,3)4/h1H;;;(H2,1,2,3,4)/q;2*+1;/p-2. The molecule has 1 unspecified atom stereocenters. The fourth-order valence-electron chi connectivity index (χ4n) is 0. The molecule has 1 N–H and O–H groups in total. The molecule has 0 aromatic rings. The summed E-state index contributed by atoms with van der Waals surface area (Å²) in [4.78, 5) is 0. The molecule has 8 heavy (non-hydrogen) atoms. The van der Waals surface area contributed by atoms with Crippen molar-refractivity contribution in [3.05, 3.63) is 0 Å². The maximum absolute atomic E-state index is 9.00.